The van der Waals surface area contributed by atoms with Crippen LogP contribution in [0.2, 0.25) is 0 Å². The lowest BCUT2D eigenvalue weighted by atomic mass is 9.67. The van der Waals surface area contributed by atoms with Gasteiger partial charge in [-0.15, -0.1) is 0 Å². The number of likely N-dealkylation sites (tertiary alicyclic amines) is 1. The molecule has 1 aliphatic carbocycles. The molecule has 0 radical (unpaired) electrons. The molecule has 0 bridgehead atoms. The zero-order valence-corrected chi connectivity index (χ0v) is 12.6. The highest BCUT2D eigenvalue weighted by atomic mass is 15.2. The van der Waals surface area contributed by atoms with Crippen LogP contribution in [0.15, 0.2) is 0 Å². The molecule has 1 heterocycles. The van der Waals surface area contributed by atoms with Gasteiger partial charge < -0.3 is 10.6 Å². The molecule has 0 amide bonds. The largest absolute Gasteiger partial charge is 0.330 e. The van der Waals surface area contributed by atoms with Crippen LogP contribution in [-0.2, 0) is 0 Å². The van der Waals surface area contributed by atoms with Gasteiger partial charge in [-0.3, -0.25) is 0 Å². The summed E-state index contributed by atoms with van der Waals surface area (Å²) in [5.41, 5.74) is 6.49. The Balaban J connectivity index is 2.02. The highest BCUT2D eigenvalue weighted by Gasteiger charge is 2.38. The van der Waals surface area contributed by atoms with Crippen molar-refractivity contribution in [3.8, 4) is 0 Å². The Kier molecular flexibility index (Phi) is 4.71. The van der Waals surface area contributed by atoms with Gasteiger partial charge in [-0.1, -0.05) is 27.2 Å². The number of nitrogens with two attached hydrogens (primary N) is 1. The van der Waals surface area contributed by atoms with Gasteiger partial charge in [0.15, 0.2) is 0 Å². The minimum Gasteiger partial charge on any atom is -0.330 e. The quantitative estimate of drug-likeness (QED) is 0.817. The predicted octanol–water partition coefficient (Wildman–Crippen LogP) is 3.26. The van der Waals surface area contributed by atoms with Crippen LogP contribution in [0.1, 0.15) is 59.3 Å². The fourth-order valence-electron chi connectivity index (χ4n) is 3.97. The summed E-state index contributed by atoms with van der Waals surface area (Å²) in [6.07, 6.45) is 8.34. The number of rotatable bonds is 2. The second-order valence-corrected chi connectivity index (χ2v) is 7.54. The van der Waals surface area contributed by atoms with Crippen molar-refractivity contribution in [3.05, 3.63) is 0 Å². The molecule has 106 valence electrons. The summed E-state index contributed by atoms with van der Waals surface area (Å²) in [7, 11) is 0. The zero-order chi connectivity index (χ0) is 13.2. The smallest absolute Gasteiger partial charge is 0.0138 e. The van der Waals surface area contributed by atoms with Gasteiger partial charge in [0.25, 0.3) is 0 Å². The second kappa shape index (κ2) is 5.92. The van der Waals surface area contributed by atoms with Gasteiger partial charge in [0.05, 0.1) is 0 Å². The molecule has 2 N–H and O–H groups in total. The highest BCUT2D eigenvalue weighted by Crippen LogP contribution is 2.41. The van der Waals surface area contributed by atoms with Gasteiger partial charge >= 0.3 is 0 Å². The van der Waals surface area contributed by atoms with Crippen molar-refractivity contribution in [1.29, 1.82) is 0 Å². The van der Waals surface area contributed by atoms with Crippen molar-refractivity contribution in [2.24, 2.45) is 23.0 Å². The van der Waals surface area contributed by atoms with Gasteiger partial charge in [-0.05, 0) is 69.0 Å². The first-order valence-corrected chi connectivity index (χ1v) is 7.96. The number of nitrogens with zero attached hydrogens (tertiary/aromatic N) is 1. The van der Waals surface area contributed by atoms with Crippen molar-refractivity contribution in [2.75, 3.05) is 19.6 Å². The van der Waals surface area contributed by atoms with Crippen LogP contribution in [-0.4, -0.2) is 30.6 Å². The molecule has 0 aromatic heterocycles. The summed E-state index contributed by atoms with van der Waals surface area (Å²) in [5, 5.41) is 0. The Morgan fingerprint density at radius 2 is 1.72 bits per heavy atom. The van der Waals surface area contributed by atoms with Crippen LogP contribution in [0.4, 0.5) is 0 Å². The number of hydrogen-bond donors (Lipinski definition) is 1. The normalized spacial score (nSPS) is 35.7. The van der Waals surface area contributed by atoms with Crippen molar-refractivity contribution >= 4 is 0 Å². The summed E-state index contributed by atoms with van der Waals surface area (Å²) in [5.74, 6) is 1.63. The number of piperidine rings is 1. The van der Waals surface area contributed by atoms with E-state index in [4.69, 9.17) is 5.73 Å². The van der Waals surface area contributed by atoms with Gasteiger partial charge in [-0.25, -0.2) is 0 Å². The van der Waals surface area contributed by atoms with E-state index in [1.54, 1.807) is 0 Å². The Labute approximate surface area is 113 Å². The maximum Gasteiger partial charge on any atom is 0.0138 e. The summed E-state index contributed by atoms with van der Waals surface area (Å²) >= 11 is 0. The summed E-state index contributed by atoms with van der Waals surface area (Å²) < 4.78 is 0. The second-order valence-electron chi connectivity index (χ2n) is 7.54. The average molecular weight is 252 g/mol. The van der Waals surface area contributed by atoms with Crippen LogP contribution in [0.25, 0.3) is 0 Å². The fraction of sp³-hybridized carbons (Fsp3) is 1.00. The van der Waals surface area contributed by atoms with Gasteiger partial charge in [0, 0.05) is 6.04 Å². The molecule has 1 aliphatic heterocycles. The fourth-order valence-corrected chi connectivity index (χ4v) is 3.97. The summed E-state index contributed by atoms with van der Waals surface area (Å²) in [6, 6.07) is 0.772. The molecule has 2 fully saturated rings. The van der Waals surface area contributed by atoms with Gasteiger partial charge in [-0.2, -0.15) is 0 Å². The van der Waals surface area contributed by atoms with Crippen LogP contribution in [0.3, 0.4) is 0 Å². The molecular formula is C16H32N2. The topological polar surface area (TPSA) is 29.3 Å². The zero-order valence-electron chi connectivity index (χ0n) is 12.6. The summed E-state index contributed by atoms with van der Waals surface area (Å²) in [4.78, 5) is 2.76. The molecule has 1 saturated heterocycles. The van der Waals surface area contributed by atoms with Crippen LogP contribution in [0.5, 0.6) is 0 Å². The van der Waals surface area contributed by atoms with E-state index in [2.05, 4.69) is 25.7 Å². The van der Waals surface area contributed by atoms with E-state index in [0.717, 1.165) is 24.4 Å². The molecular weight excluding hydrogens is 220 g/mol. The number of hydrogen-bond acceptors (Lipinski definition) is 2. The lowest BCUT2D eigenvalue weighted by Gasteiger charge is -2.47. The van der Waals surface area contributed by atoms with E-state index in [-0.39, 0.29) is 0 Å². The van der Waals surface area contributed by atoms with Crippen molar-refractivity contribution < 1.29 is 0 Å². The third-order valence-electron chi connectivity index (χ3n) is 5.34. The molecule has 2 rings (SSSR count). The molecule has 3 unspecified atom stereocenters. The molecule has 18 heavy (non-hydrogen) atoms. The first kappa shape index (κ1) is 14.3. The first-order valence-electron chi connectivity index (χ1n) is 7.96. The molecule has 1 saturated carbocycles. The minimum absolute atomic E-state index is 0.466. The Bertz CT molecular complexity index is 250. The van der Waals surface area contributed by atoms with Crippen molar-refractivity contribution in [1.82, 2.24) is 4.90 Å². The molecule has 0 aromatic rings. The molecule has 3 atom stereocenters. The standard InChI is InChI=1S/C16H32N2/c1-16(2,3)14-8-7-13(12-17)15(11-14)18-9-5-4-6-10-18/h13-15H,4-12,17H2,1-3H3. The van der Waals surface area contributed by atoms with Crippen LogP contribution >= 0.6 is 0 Å². The van der Waals surface area contributed by atoms with Crippen molar-refractivity contribution in [3.63, 3.8) is 0 Å². The Hall–Kier alpha value is -0.0800. The third-order valence-corrected chi connectivity index (χ3v) is 5.34. The molecule has 2 aliphatic rings. The molecule has 2 nitrogen and oxygen atoms in total. The summed E-state index contributed by atoms with van der Waals surface area (Å²) in [6.45, 7) is 10.8. The van der Waals surface area contributed by atoms with E-state index >= 15 is 0 Å². The highest BCUT2D eigenvalue weighted by molar-refractivity contribution is 4.91. The van der Waals surface area contributed by atoms with E-state index in [1.807, 2.05) is 0 Å². The first-order chi connectivity index (χ1) is 8.52. The lowest BCUT2D eigenvalue weighted by Crippen LogP contribution is -2.50. The van der Waals surface area contributed by atoms with Gasteiger partial charge in [0.1, 0.15) is 0 Å². The van der Waals surface area contributed by atoms with E-state index < -0.39 is 0 Å². The van der Waals surface area contributed by atoms with Gasteiger partial charge in [0.2, 0.25) is 0 Å². The Morgan fingerprint density at radius 3 is 2.28 bits per heavy atom. The van der Waals surface area contributed by atoms with E-state index in [1.165, 1.54) is 51.6 Å². The monoisotopic (exact) mass is 252 g/mol. The third kappa shape index (κ3) is 3.27. The van der Waals surface area contributed by atoms with Crippen molar-refractivity contribution in [2.45, 2.75) is 65.3 Å². The van der Waals surface area contributed by atoms with E-state index in [0.29, 0.717) is 5.41 Å². The molecule has 0 aromatic carbocycles. The van der Waals surface area contributed by atoms with Crippen LogP contribution in [0, 0.1) is 17.3 Å². The SMILES string of the molecule is CC(C)(C)C1CCC(CN)C(N2CCCCC2)C1. The average Bonchev–Trinajstić information content (AvgIpc) is 2.38. The molecule has 0 spiro atoms. The minimum atomic E-state index is 0.466. The van der Waals surface area contributed by atoms with Crippen LogP contribution < -0.4 is 5.73 Å². The maximum absolute atomic E-state index is 6.03. The van der Waals surface area contributed by atoms with E-state index in [9.17, 15) is 0 Å². The lowest BCUT2D eigenvalue weighted by molar-refractivity contribution is 0.0350. The molecule has 2 heteroatoms. The maximum atomic E-state index is 6.03. The predicted molar refractivity (Wildman–Crippen MR) is 78.6 cm³/mol. The Morgan fingerprint density at radius 1 is 1.06 bits per heavy atom.